The number of unbranched alkanes of at least 4 members (excludes halogenated alkanes) is 1. The van der Waals surface area contributed by atoms with Crippen molar-refractivity contribution < 1.29 is 9.47 Å². The summed E-state index contributed by atoms with van der Waals surface area (Å²) in [5.74, 6) is 0.902. The first kappa shape index (κ1) is 15.3. The highest BCUT2D eigenvalue weighted by atomic mass is 35.5. The molecule has 0 heterocycles. The maximum absolute atomic E-state index is 6.02. The molecule has 1 atom stereocenters. The average Bonchev–Trinajstić information content (AvgIpc) is 2.39. The van der Waals surface area contributed by atoms with Gasteiger partial charge in [0, 0.05) is 30.3 Å². The van der Waals surface area contributed by atoms with E-state index in [0.717, 1.165) is 35.8 Å². The Morgan fingerprint density at radius 3 is 2.67 bits per heavy atom. The number of hydrogen-bond acceptors (Lipinski definition) is 3. The lowest BCUT2D eigenvalue weighted by molar-refractivity contribution is 0.184. The zero-order valence-corrected chi connectivity index (χ0v) is 12.1. The van der Waals surface area contributed by atoms with Gasteiger partial charge in [-0.15, -0.1) is 0 Å². The number of ether oxygens (including phenoxy) is 2. The monoisotopic (exact) mass is 271 g/mol. The first-order valence-corrected chi connectivity index (χ1v) is 6.65. The van der Waals surface area contributed by atoms with Gasteiger partial charge in [0.05, 0.1) is 6.61 Å². The molecule has 0 aliphatic heterocycles. The number of rotatable bonds is 8. The number of halogens is 1. The third kappa shape index (κ3) is 4.84. The quantitative estimate of drug-likeness (QED) is 0.735. The summed E-state index contributed by atoms with van der Waals surface area (Å²) in [5.41, 5.74) is 1.09. The fraction of sp³-hybridized carbons (Fsp3) is 0.571. The molecule has 0 aliphatic carbocycles. The van der Waals surface area contributed by atoms with E-state index in [-0.39, 0.29) is 6.04 Å². The summed E-state index contributed by atoms with van der Waals surface area (Å²) < 4.78 is 10.8. The maximum atomic E-state index is 6.02. The molecule has 0 radical (unpaired) electrons. The molecule has 4 heteroatoms. The summed E-state index contributed by atoms with van der Waals surface area (Å²) in [4.78, 5) is 0. The van der Waals surface area contributed by atoms with Gasteiger partial charge in [-0.05, 0) is 45.0 Å². The molecule has 0 spiro atoms. The van der Waals surface area contributed by atoms with Crippen LogP contribution in [0.2, 0.25) is 5.02 Å². The normalized spacial score (nSPS) is 12.4. The van der Waals surface area contributed by atoms with Crippen LogP contribution in [0.1, 0.15) is 31.4 Å². The highest BCUT2D eigenvalue weighted by Crippen LogP contribution is 2.28. The van der Waals surface area contributed by atoms with Crippen molar-refractivity contribution in [3.8, 4) is 5.75 Å². The van der Waals surface area contributed by atoms with Crippen LogP contribution < -0.4 is 10.1 Å². The van der Waals surface area contributed by atoms with Crippen LogP contribution in [0.15, 0.2) is 18.2 Å². The van der Waals surface area contributed by atoms with Gasteiger partial charge >= 0.3 is 0 Å². The van der Waals surface area contributed by atoms with E-state index in [0.29, 0.717) is 6.61 Å². The summed E-state index contributed by atoms with van der Waals surface area (Å²) in [6, 6.07) is 5.96. The van der Waals surface area contributed by atoms with E-state index in [2.05, 4.69) is 12.2 Å². The highest BCUT2D eigenvalue weighted by molar-refractivity contribution is 6.30. The standard InChI is InChI=1S/C14H22ClNO2/c1-11(16-2)13-10-12(15)6-7-14(13)18-9-5-4-8-17-3/h6-7,10-11,16H,4-5,8-9H2,1-3H3. The number of methoxy groups -OCH3 is 1. The van der Waals surface area contributed by atoms with E-state index in [1.165, 1.54) is 0 Å². The Balaban J connectivity index is 2.58. The number of hydrogen-bond donors (Lipinski definition) is 1. The lowest BCUT2D eigenvalue weighted by Crippen LogP contribution is -2.14. The molecule has 0 bridgehead atoms. The van der Waals surface area contributed by atoms with E-state index in [4.69, 9.17) is 21.1 Å². The smallest absolute Gasteiger partial charge is 0.124 e. The molecule has 0 amide bonds. The number of benzene rings is 1. The highest BCUT2D eigenvalue weighted by Gasteiger charge is 2.10. The topological polar surface area (TPSA) is 30.5 Å². The van der Waals surface area contributed by atoms with Crippen molar-refractivity contribution in [2.45, 2.75) is 25.8 Å². The largest absolute Gasteiger partial charge is 0.493 e. The van der Waals surface area contributed by atoms with Gasteiger partial charge in [-0.25, -0.2) is 0 Å². The minimum atomic E-state index is 0.220. The lowest BCUT2D eigenvalue weighted by Gasteiger charge is -2.17. The first-order valence-electron chi connectivity index (χ1n) is 6.27. The van der Waals surface area contributed by atoms with Crippen molar-refractivity contribution in [2.75, 3.05) is 27.4 Å². The van der Waals surface area contributed by atoms with Crippen molar-refractivity contribution in [3.05, 3.63) is 28.8 Å². The second-order valence-corrected chi connectivity index (χ2v) is 4.68. The van der Waals surface area contributed by atoms with Gasteiger partial charge in [-0.3, -0.25) is 0 Å². The molecule has 0 aromatic heterocycles. The van der Waals surface area contributed by atoms with Gasteiger partial charge in [-0.2, -0.15) is 0 Å². The third-order valence-corrected chi connectivity index (χ3v) is 3.11. The predicted octanol–water partition coefficient (Wildman–Crippen LogP) is 3.43. The lowest BCUT2D eigenvalue weighted by atomic mass is 10.1. The van der Waals surface area contributed by atoms with Crippen LogP contribution in [0, 0.1) is 0 Å². The van der Waals surface area contributed by atoms with E-state index in [9.17, 15) is 0 Å². The van der Waals surface area contributed by atoms with Crippen molar-refractivity contribution in [2.24, 2.45) is 0 Å². The molecule has 0 fully saturated rings. The van der Waals surface area contributed by atoms with Gasteiger partial charge in [-0.1, -0.05) is 11.6 Å². The van der Waals surface area contributed by atoms with Crippen LogP contribution >= 0.6 is 11.6 Å². The molecule has 1 rings (SSSR count). The molecule has 18 heavy (non-hydrogen) atoms. The number of nitrogens with one attached hydrogen (secondary N) is 1. The maximum Gasteiger partial charge on any atom is 0.124 e. The third-order valence-electron chi connectivity index (χ3n) is 2.87. The second kappa shape index (κ2) is 8.35. The van der Waals surface area contributed by atoms with E-state index in [1.54, 1.807) is 7.11 Å². The minimum absolute atomic E-state index is 0.220. The Morgan fingerprint density at radius 2 is 2.00 bits per heavy atom. The Bertz CT molecular complexity index is 358. The van der Waals surface area contributed by atoms with Gasteiger partial charge in [0.15, 0.2) is 0 Å². The average molecular weight is 272 g/mol. The van der Waals surface area contributed by atoms with Gasteiger partial charge < -0.3 is 14.8 Å². The Kier molecular flexibility index (Phi) is 7.09. The molecular formula is C14H22ClNO2. The minimum Gasteiger partial charge on any atom is -0.493 e. The summed E-state index contributed by atoms with van der Waals surface area (Å²) >= 11 is 6.02. The zero-order valence-electron chi connectivity index (χ0n) is 11.3. The van der Waals surface area contributed by atoms with E-state index in [1.807, 2.05) is 25.2 Å². The molecule has 3 nitrogen and oxygen atoms in total. The summed E-state index contributed by atoms with van der Waals surface area (Å²) in [6.45, 7) is 3.57. The Hall–Kier alpha value is -0.770. The molecule has 1 aromatic carbocycles. The molecule has 0 saturated heterocycles. The van der Waals surface area contributed by atoms with E-state index >= 15 is 0 Å². The summed E-state index contributed by atoms with van der Waals surface area (Å²) in [7, 11) is 3.64. The fourth-order valence-corrected chi connectivity index (χ4v) is 1.86. The summed E-state index contributed by atoms with van der Waals surface area (Å²) in [6.07, 6.45) is 2.00. The van der Waals surface area contributed by atoms with Crippen LogP contribution in [0.3, 0.4) is 0 Å². The van der Waals surface area contributed by atoms with Crippen molar-refractivity contribution in [3.63, 3.8) is 0 Å². The van der Waals surface area contributed by atoms with Gasteiger partial charge in [0.25, 0.3) is 0 Å². The van der Waals surface area contributed by atoms with Crippen LogP contribution in [0.5, 0.6) is 5.75 Å². The van der Waals surface area contributed by atoms with Crippen LogP contribution in [-0.4, -0.2) is 27.4 Å². The molecule has 102 valence electrons. The predicted molar refractivity (Wildman–Crippen MR) is 75.5 cm³/mol. The van der Waals surface area contributed by atoms with Gasteiger partial charge in [0.1, 0.15) is 5.75 Å². The fourth-order valence-electron chi connectivity index (χ4n) is 1.68. The molecular weight excluding hydrogens is 250 g/mol. The molecule has 1 unspecified atom stereocenters. The van der Waals surface area contributed by atoms with Crippen molar-refractivity contribution in [1.82, 2.24) is 5.32 Å². The molecule has 1 aromatic rings. The SMILES string of the molecule is CNC(C)c1cc(Cl)ccc1OCCCCOC. The van der Waals surface area contributed by atoms with Crippen LogP contribution in [-0.2, 0) is 4.74 Å². The zero-order chi connectivity index (χ0) is 13.4. The van der Waals surface area contributed by atoms with Crippen molar-refractivity contribution >= 4 is 11.6 Å². The second-order valence-electron chi connectivity index (χ2n) is 4.24. The summed E-state index contributed by atoms with van der Waals surface area (Å²) in [5, 5.41) is 3.94. The molecule has 1 N–H and O–H groups in total. The molecule has 0 saturated carbocycles. The Morgan fingerprint density at radius 1 is 1.28 bits per heavy atom. The Labute approximate surface area is 114 Å². The van der Waals surface area contributed by atoms with Gasteiger partial charge in [0.2, 0.25) is 0 Å². The van der Waals surface area contributed by atoms with Crippen molar-refractivity contribution in [1.29, 1.82) is 0 Å². The van der Waals surface area contributed by atoms with Crippen LogP contribution in [0.4, 0.5) is 0 Å². The molecule has 0 aliphatic rings. The van der Waals surface area contributed by atoms with E-state index < -0.39 is 0 Å². The first-order chi connectivity index (χ1) is 8.69. The van der Waals surface area contributed by atoms with Crippen LogP contribution in [0.25, 0.3) is 0 Å².